The van der Waals surface area contributed by atoms with E-state index in [0.717, 1.165) is 25.9 Å². The third-order valence-electron chi connectivity index (χ3n) is 3.06. The summed E-state index contributed by atoms with van der Waals surface area (Å²) in [6, 6.07) is 0. The zero-order valence-electron chi connectivity index (χ0n) is 10.2. The molecule has 0 aromatic rings. The van der Waals surface area contributed by atoms with Crippen molar-refractivity contribution < 1.29 is 8.42 Å². The van der Waals surface area contributed by atoms with Gasteiger partial charge in [0.1, 0.15) is 0 Å². The largest absolute Gasteiger partial charge is 0.317 e. The van der Waals surface area contributed by atoms with E-state index in [1.165, 1.54) is 4.31 Å². The van der Waals surface area contributed by atoms with Crippen LogP contribution in [-0.2, 0) is 10.2 Å². The van der Waals surface area contributed by atoms with Crippen molar-refractivity contribution in [3.63, 3.8) is 0 Å². The van der Waals surface area contributed by atoms with Gasteiger partial charge in [0.15, 0.2) is 0 Å². The summed E-state index contributed by atoms with van der Waals surface area (Å²) in [5.74, 6) is 0.478. The lowest BCUT2D eigenvalue weighted by Crippen LogP contribution is -2.43. The lowest BCUT2D eigenvalue weighted by molar-refractivity contribution is 0.364. The van der Waals surface area contributed by atoms with Crippen molar-refractivity contribution >= 4 is 10.2 Å². The summed E-state index contributed by atoms with van der Waals surface area (Å²) >= 11 is 0. The highest BCUT2D eigenvalue weighted by Crippen LogP contribution is 2.10. The Kier molecular flexibility index (Phi) is 5.68. The fourth-order valence-corrected chi connectivity index (χ4v) is 3.27. The van der Waals surface area contributed by atoms with E-state index in [4.69, 9.17) is 0 Å². The van der Waals surface area contributed by atoms with Crippen LogP contribution in [0.1, 0.15) is 26.7 Å². The Morgan fingerprint density at radius 1 is 1.25 bits per heavy atom. The molecule has 1 fully saturated rings. The molecule has 5 nitrogen and oxygen atoms in total. The smallest absolute Gasteiger partial charge is 0.279 e. The van der Waals surface area contributed by atoms with Crippen molar-refractivity contribution in [3.05, 3.63) is 0 Å². The molecule has 0 radical (unpaired) electrons. The number of nitrogens with zero attached hydrogens (tertiary/aromatic N) is 1. The third kappa shape index (κ3) is 4.01. The Morgan fingerprint density at radius 2 is 1.81 bits per heavy atom. The number of nitrogens with one attached hydrogen (secondary N) is 2. The second-order valence-corrected chi connectivity index (χ2v) is 5.89. The Bertz CT molecular complexity index is 282. The van der Waals surface area contributed by atoms with Crippen LogP contribution in [0.2, 0.25) is 0 Å². The molecule has 1 saturated heterocycles. The zero-order chi connectivity index (χ0) is 12.0. The number of hydrogen-bond acceptors (Lipinski definition) is 3. The Balaban J connectivity index is 2.40. The highest BCUT2D eigenvalue weighted by Gasteiger charge is 2.20. The third-order valence-corrected chi connectivity index (χ3v) is 4.79. The van der Waals surface area contributed by atoms with E-state index in [1.54, 1.807) is 0 Å². The average molecular weight is 249 g/mol. The molecule has 1 aliphatic rings. The maximum Gasteiger partial charge on any atom is 0.279 e. The van der Waals surface area contributed by atoms with Crippen LogP contribution >= 0.6 is 0 Å². The molecular weight excluding hydrogens is 226 g/mol. The van der Waals surface area contributed by atoms with Crippen LogP contribution in [0.4, 0.5) is 0 Å². The molecule has 0 saturated carbocycles. The minimum Gasteiger partial charge on any atom is -0.317 e. The van der Waals surface area contributed by atoms with Gasteiger partial charge in [-0.2, -0.15) is 12.7 Å². The summed E-state index contributed by atoms with van der Waals surface area (Å²) in [4.78, 5) is 0. The van der Waals surface area contributed by atoms with Gasteiger partial charge in [-0.05, 0) is 31.8 Å². The van der Waals surface area contributed by atoms with Crippen LogP contribution in [0.25, 0.3) is 0 Å². The van der Waals surface area contributed by atoms with Crippen LogP contribution in [0.5, 0.6) is 0 Å². The van der Waals surface area contributed by atoms with E-state index < -0.39 is 10.2 Å². The van der Waals surface area contributed by atoms with Gasteiger partial charge in [-0.1, -0.05) is 13.8 Å². The highest BCUT2D eigenvalue weighted by molar-refractivity contribution is 7.87. The van der Waals surface area contributed by atoms with Crippen molar-refractivity contribution in [2.75, 3.05) is 32.7 Å². The van der Waals surface area contributed by atoms with Crippen LogP contribution in [-0.4, -0.2) is 45.4 Å². The molecule has 1 heterocycles. The molecule has 96 valence electrons. The molecule has 0 bridgehead atoms. The van der Waals surface area contributed by atoms with Gasteiger partial charge < -0.3 is 5.32 Å². The van der Waals surface area contributed by atoms with Crippen LogP contribution in [0, 0.1) is 5.92 Å². The summed E-state index contributed by atoms with van der Waals surface area (Å²) in [5.41, 5.74) is 0. The molecule has 0 atom stereocenters. The average Bonchev–Trinajstić information content (AvgIpc) is 2.29. The van der Waals surface area contributed by atoms with E-state index in [0.29, 0.717) is 25.6 Å². The van der Waals surface area contributed by atoms with E-state index in [9.17, 15) is 8.42 Å². The lowest BCUT2D eigenvalue weighted by atomic mass is 9.99. The topological polar surface area (TPSA) is 61.4 Å². The highest BCUT2D eigenvalue weighted by atomic mass is 32.2. The first kappa shape index (κ1) is 13.9. The normalized spacial score (nSPS) is 19.2. The minimum atomic E-state index is -3.26. The Morgan fingerprint density at radius 3 is 2.31 bits per heavy atom. The summed E-state index contributed by atoms with van der Waals surface area (Å²) in [7, 11) is -3.26. The van der Waals surface area contributed by atoms with Gasteiger partial charge in [-0.3, -0.25) is 0 Å². The van der Waals surface area contributed by atoms with Crippen LogP contribution in [0.15, 0.2) is 0 Å². The molecular formula is C10H23N3O2S. The van der Waals surface area contributed by atoms with Crippen molar-refractivity contribution in [3.8, 4) is 0 Å². The molecule has 0 aliphatic carbocycles. The lowest BCUT2D eigenvalue weighted by Gasteiger charge is -2.25. The molecule has 0 spiro atoms. The van der Waals surface area contributed by atoms with Crippen LogP contribution in [0.3, 0.4) is 0 Å². The molecule has 16 heavy (non-hydrogen) atoms. The molecule has 1 aliphatic heterocycles. The standard InChI is InChI=1S/C10H23N3O2S/c1-3-13(4-2)16(14,15)12-9-10-5-7-11-8-6-10/h10-12H,3-9H2,1-2H3. The summed E-state index contributed by atoms with van der Waals surface area (Å²) in [6.07, 6.45) is 2.11. The van der Waals surface area contributed by atoms with E-state index in [-0.39, 0.29) is 0 Å². The Labute approximate surface area is 98.8 Å². The number of hydrogen-bond donors (Lipinski definition) is 2. The van der Waals surface area contributed by atoms with Crippen molar-refractivity contribution in [2.24, 2.45) is 5.92 Å². The van der Waals surface area contributed by atoms with E-state index >= 15 is 0 Å². The molecule has 6 heteroatoms. The predicted octanol–water partition coefficient (Wildman–Crippen LogP) is 0.162. The van der Waals surface area contributed by atoms with Gasteiger partial charge in [-0.25, -0.2) is 4.72 Å². The SMILES string of the molecule is CCN(CC)S(=O)(=O)NCC1CCNCC1. The number of rotatable bonds is 6. The molecule has 0 amide bonds. The molecule has 0 aromatic heterocycles. The minimum absolute atomic E-state index is 0.478. The first-order chi connectivity index (χ1) is 7.60. The van der Waals surface area contributed by atoms with Crippen LogP contribution < -0.4 is 10.0 Å². The zero-order valence-corrected chi connectivity index (χ0v) is 11.0. The predicted molar refractivity (Wildman–Crippen MR) is 65.4 cm³/mol. The van der Waals surface area contributed by atoms with Crippen molar-refractivity contribution in [2.45, 2.75) is 26.7 Å². The maximum atomic E-state index is 11.8. The molecule has 1 rings (SSSR count). The van der Waals surface area contributed by atoms with Gasteiger partial charge in [0.2, 0.25) is 0 Å². The first-order valence-electron chi connectivity index (χ1n) is 6.05. The monoisotopic (exact) mass is 249 g/mol. The quantitative estimate of drug-likeness (QED) is 0.705. The second kappa shape index (κ2) is 6.54. The fraction of sp³-hybridized carbons (Fsp3) is 1.00. The van der Waals surface area contributed by atoms with Gasteiger partial charge in [-0.15, -0.1) is 0 Å². The van der Waals surface area contributed by atoms with Gasteiger partial charge in [0, 0.05) is 19.6 Å². The van der Waals surface area contributed by atoms with E-state index in [1.807, 2.05) is 13.8 Å². The van der Waals surface area contributed by atoms with Crippen molar-refractivity contribution in [1.29, 1.82) is 0 Å². The Hall–Kier alpha value is -0.170. The second-order valence-electron chi connectivity index (χ2n) is 4.13. The summed E-state index contributed by atoms with van der Waals surface area (Å²) in [6.45, 7) is 7.33. The molecule has 2 N–H and O–H groups in total. The van der Waals surface area contributed by atoms with Gasteiger partial charge >= 0.3 is 0 Å². The van der Waals surface area contributed by atoms with Gasteiger partial charge in [0.25, 0.3) is 10.2 Å². The van der Waals surface area contributed by atoms with E-state index in [2.05, 4.69) is 10.0 Å². The first-order valence-corrected chi connectivity index (χ1v) is 7.49. The van der Waals surface area contributed by atoms with Crippen molar-refractivity contribution in [1.82, 2.24) is 14.3 Å². The summed E-state index contributed by atoms with van der Waals surface area (Å²) < 4.78 is 27.8. The number of piperidine rings is 1. The fourth-order valence-electron chi connectivity index (χ4n) is 1.96. The maximum absolute atomic E-state index is 11.8. The molecule has 0 unspecified atom stereocenters. The summed E-state index contributed by atoms with van der Waals surface area (Å²) in [5, 5.41) is 3.27. The van der Waals surface area contributed by atoms with Gasteiger partial charge in [0.05, 0.1) is 0 Å². The molecule has 0 aromatic carbocycles.